The van der Waals surface area contributed by atoms with E-state index in [9.17, 15) is 8.78 Å². The van der Waals surface area contributed by atoms with E-state index in [0.29, 0.717) is 5.69 Å². The quantitative estimate of drug-likeness (QED) is 0.0936. The number of rotatable bonds is 24. The molecule has 230 valence electrons. The van der Waals surface area contributed by atoms with E-state index in [1.807, 2.05) is 0 Å². The average Bonchev–Trinajstić information content (AvgIpc) is 2.93. The third-order valence-corrected chi connectivity index (χ3v) is 15.4. The molecule has 1 aromatic carbocycles. The maximum Gasteiger partial charge on any atom is 0.183 e. The molecule has 0 aliphatic heterocycles. The van der Waals surface area contributed by atoms with Gasteiger partial charge in [0.25, 0.3) is 0 Å². The third kappa shape index (κ3) is 19.3. The van der Waals surface area contributed by atoms with Crippen LogP contribution in [0.2, 0.25) is 21.1 Å². The van der Waals surface area contributed by atoms with Gasteiger partial charge < -0.3 is 0 Å². The van der Waals surface area contributed by atoms with Crippen molar-refractivity contribution in [1.82, 2.24) is 0 Å². The van der Waals surface area contributed by atoms with Gasteiger partial charge in [-0.15, -0.1) is 0 Å². The highest BCUT2D eigenvalue weighted by Crippen LogP contribution is 2.34. The van der Waals surface area contributed by atoms with Gasteiger partial charge in [-0.3, -0.25) is 4.90 Å². The predicted molar refractivity (Wildman–Crippen MR) is 174 cm³/mol. The molecule has 0 aliphatic rings. The summed E-state index contributed by atoms with van der Waals surface area (Å²) in [5, 5.41) is 6.71. The van der Waals surface area contributed by atoms with Gasteiger partial charge in [0.2, 0.25) is 0 Å². The molecule has 39 heavy (non-hydrogen) atoms. The van der Waals surface area contributed by atoms with E-state index in [1.165, 1.54) is 88.8 Å². The second kappa shape index (κ2) is 26.5. The minimum absolute atomic E-state index is 0.296. The second-order valence-electron chi connectivity index (χ2n) is 12.5. The van der Waals surface area contributed by atoms with E-state index in [1.54, 1.807) is 46.8 Å². The molecule has 0 aromatic heterocycles. The van der Waals surface area contributed by atoms with E-state index >= 15 is 0 Å². The Morgan fingerprint density at radius 1 is 0.513 bits per heavy atom. The molecule has 1 rings (SSSR count). The minimum atomic E-state index is -1.27. The third-order valence-electron chi connectivity index (χ3n) is 8.87. The first-order valence-corrected chi connectivity index (χ1v) is 20.7. The molecule has 1 N–H and O–H groups in total. The van der Waals surface area contributed by atoms with Crippen LogP contribution in [0.3, 0.4) is 0 Å². The van der Waals surface area contributed by atoms with Gasteiger partial charge in [0, 0.05) is 6.07 Å². The maximum atomic E-state index is 13.7. The number of hydrogen-bond donors (Lipinski definition) is 1. The number of nitrogens with one attached hydrogen (secondary N) is 1. The Labute approximate surface area is 246 Å². The highest BCUT2D eigenvalue weighted by atomic mass is 27.2. The first kappa shape index (κ1) is 38.6. The monoisotopic (exact) mass is 568 g/mol. The lowest BCUT2D eigenvalue weighted by Crippen LogP contribution is -3.07. The molecule has 0 radical (unpaired) electrons. The molecule has 1 aromatic rings. The van der Waals surface area contributed by atoms with Gasteiger partial charge in [-0.25, -0.2) is 8.78 Å². The van der Waals surface area contributed by atoms with Crippen LogP contribution in [0.4, 0.5) is 14.5 Å². The molecule has 0 bridgehead atoms. The standard InChI is InChI=1S/C15H23F2N.4C5H11.Al/c1-3-5-6-7-11-18(10-4-2)15-12-13(16)8-9-14(15)17;4*1-3-5-4-2;/h8-9,12H,3-7,10-11H2,1-2H3;4*1,3-5H2,2H3;/q;;;;;-1/p+1. The number of benzene rings is 1. The molecule has 4 heteroatoms. The molecule has 0 aliphatic carbocycles. The average molecular weight is 568 g/mol. The fourth-order valence-corrected chi connectivity index (χ4v) is 12.8. The Morgan fingerprint density at radius 2 is 0.949 bits per heavy atom. The Hall–Kier alpha value is -0.428. The molecule has 1 unspecified atom stereocenters. The maximum absolute atomic E-state index is 13.7. The van der Waals surface area contributed by atoms with Crippen LogP contribution < -0.4 is 4.90 Å². The van der Waals surface area contributed by atoms with Crippen molar-refractivity contribution < 1.29 is 13.7 Å². The fourth-order valence-electron chi connectivity index (χ4n) is 6.41. The van der Waals surface area contributed by atoms with Crippen molar-refractivity contribution in [2.45, 2.75) is 172 Å². The summed E-state index contributed by atoms with van der Waals surface area (Å²) >= 11 is -1.27. The van der Waals surface area contributed by atoms with Crippen molar-refractivity contribution >= 4 is 18.8 Å². The zero-order valence-electron chi connectivity index (χ0n) is 27.3. The van der Waals surface area contributed by atoms with Crippen molar-refractivity contribution in [3.8, 4) is 0 Å². The van der Waals surface area contributed by atoms with Gasteiger partial charge in [0.05, 0.1) is 13.1 Å². The summed E-state index contributed by atoms with van der Waals surface area (Å²) in [7, 11) is 0. The summed E-state index contributed by atoms with van der Waals surface area (Å²) < 4.78 is 26.9. The minimum Gasteiger partial charge on any atom is -0.300 e. The highest BCUT2D eigenvalue weighted by molar-refractivity contribution is 6.79. The van der Waals surface area contributed by atoms with E-state index < -0.39 is 13.1 Å². The lowest BCUT2D eigenvalue weighted by atomic mass is 10.2. The van der Waals surface area contributed by atoms with Gasteiger partial charge in [-0.2, -0.15) is 21.1 Å². The van der Waals surface area contributed by atoms with Crippen molar-refractivity contribution in [3.05, 3.63) is 29.8 Å². The van der Waals surface area contributed by atoms with E-state index in [2.05, 4.69) is 41.5 Å². The zero-order chi connectivity index (χ0) is 29.2. The summed E-state index contributed by atoms with van der Waals surface area (Å²) in [6.45, 7) is 15.4. The Morgan fingerprint density at radius 3 is 1.36 bits per heavy atom. The SMILES string of the molecule is CCCCCC[NH+](CCC)c1cc(F)ccc1F.CCCC[CH2][Al-]([CH2]CCCC)([CH2]CCCC)[CH2]CCCC. The molecule has 0 heterocycles. The van der Waals surface area contributed by atoms with Crippen LogP contribution in [0.5, 0.6) is 0 Å². The second-order valence-corrected chi connectivity index (χ2v) is 18.3. The lowest BCUT2D eigenvalue weighted by Gasteiger charge is -2.37. The van der Waals surface area contributed by atoms with Crippen molar-refractivity contribution in [2.75, 3.05) is 13.1 Å². The van der Waals surface area contributed by atoms with Crippen molar-refractivity contribution in [1.29, 1.82) is 0 Å². The molecule has 0 saturated heterocycles. The molecule has 0 amide bonds. The summed E-state index contributed by atoms with van der Waals surface area (Å²) in [5.74, 6) is -0.649. The Kier molecular flexibility index (Phi) is 26.2. The molecule has 1 atom stereocenters. The largest absolute Gasteiger partial charge is 0.300 e. The van der Waals surface area contributed by atoms with Crippen molar-refractivity contribution in [2.24, 2.45) is 0 Å². The summed E-state index contributed by atoms with van der Waals surface area (Å²) in [4.78, 5) is 1.06. The molecule has 1 nitrogen and oxygen atoms in total. The van der Waals surface area contributed by atoms with E-state index in [4.69, 9.17) is 0 Å². The number of unbranched alkanes of at least 4 members (excludes halogenated alkanes) is 11. The topological polar surface area (TPSA) is 4.44 Å². The van der Waals surface area contributed by atoms with Crippen LogP contribution >= 0.6 is 0 Å². The zero-order valence-corrected chi connectivity index (χ0v) is 28.5. The van der Waals surface area contributed by atoms with Crippen LogP contribution in [0.15, 0.2) is 18.2 Å². The highest BCUT2D eigenvalue weighted by Gasteiger charge is 2.26. The first-order chi connectivity index (χ1) is 18.9. The molecule has 0 saturated carbocycles. The van der Waals surface area contributed by atoms with Crippen LogP contribution in [0.1, 0.15) is 151 Å². The van der Waals surface area contributed by atoms with Crippen LogP contribution in [0.25, 0.3) is 0 Å². The summed E-state index contributed by atoms with van der Waals surface area (Å²) in [6, 6.07) is 3.74. The normalized spacial score (nSPS) is 12.3. The summed E-state index contributed by atoms with van der Waals surface area (Å²) in [5.41, 5.74) is 0.480. The van der Waals surface area contributed by atoms with E-state index in [0.717, 1.165) is 30.8 Å². The smallest absolute Gasteiger partial charge is 0.183 e. The number of hydrogen-bond acceptors (Lipinski definition) is 0. The first-order valence-electron chi connectivity index (χ1n) is 17.4. The van der Waals surface area contributed by atoms with Crippen LogP contribution in [0, 0.1) is 11.6 Å². The Bertz CT molecular complexity index is 621. The fraction of sp³-hybridized carbons (Fsp3) is 0.829. The van der Waals surface area contributed by atoms with Crippen LogP contribution in [-0.4, -0.2) is 26.2 Å². The van der Waals surface area contributed by atoms with Gasteiger partial charge in [0.15, 0.2) is 11.5 Å². The molecule has 0 spiro atoms. The van der Waals surface area contributed by atoms with Crippen LogP contribution in [-0.2, 0) is 0 Å². The van der Waals surface area contributed by atoms with Crippen molar-refractivity contribution in [3.63, 3.8) is 0 Å². The summed E-state index contributed by atoms with van der Waals surface area (Å²) in [6.07, 6.45) is 23.3. The molecular weight excluding hydrogens is 499 g/mol. The Balaban J connectivity index is 0.000000748. The van der Waals surface area contributed by atoms with Gasteiger partial charge in [0.1, 0.15) is 18.9 Å². The molecular formula is C35H68AlF2N. The lowest BCUT2D eigenvalue weighted by molar-refractivity contribution is -0.834. The molecule has 0 fully saturated rings. The number of halogens is 2. The number of quaternary nitrogens is 1. The van der Waals surface area contributed by atoms with Gasteiger partial charge >= 0.3 is 0 Å². The predicted octanol–water partition coefficient (Wildman–Crippen LogP) is 11.7. The van der Waals surface area contributed by atoms with Gasteiger partial charge in [-0.05, 0) is 31.4 Å². The van der Waals surface area contributed by atoms with E-state index in [-0.39, 0.29) is 11.6 Å². The van der Waals surface area contributed by atoms with Gasteiger partial charge in [-0.1, -0.05) is 131 Å².